The molecule has 1 unspecified atom stereocenters. The molecule has 0 amide bonds. The molecule has 0 aliphatic rings. The standard InChI is InChI=1S/C22H25N2/c1-15(2)22-11-19(7-6-17(22)4)14-24-13-18(5)21-9-16(3)8-20(10-21)12-23/h6-11,15,18H,13H2,1-5H3/q+1. The van der Waals surface area contributed by atoms with Crippen molar-refractivity contribution >= 4 is 0 Å². The van der Waals surface area contributed by atoms with E-state index < -0.39 is 0 Å². The third-order valence-corrected chi connectivity index (χ3v) is 4.27. The number of hydrogen-bond acceptors (Lipinski definition) is 1. The van der Waals surface area contributed by atoms with Gasteiger partial charge in [-0.15, -0.1) is 0 Å². The molecule has 2 nitrogen and oxygen atoms in total. The number of nitrogens with zero attached hydrogens (tertiary/aromatic N) is 2. The van der Waals surface area contributed by atoms with Crippen molar-refractivity contribution in [3.8, 4) is 12.1 Å². The van der Waals surface area contributed by atoms with E-state index in [1.807, 2.05) is 19.1 Å². The second-order valence-corrected chi connectivity index (χ2v) is 6.82. The van der Waals surface area contributed by atoms with Crippen LogP contribution in [0, 0.1) is 31.2 Å². The van der Waals surface area contributed by atoms with Crippen LogP contribution < -0.4 is 0 Å². The lowest BCUT2D eigenvalue weighted by molar-refractivity contribution is 0.832. The molecule has 0 heterocycles. The third kappa shape index (κ3) is 4.46. The molecular formula is C22H25N2+. The van der Waals surface area contributed by atoms with Gasteiger partial charge in [0, 0.05) is 0 Å². The van der Waals surface area contributed by atoms with E-state index in [4.69, 9.17) is 5.26 Å². The Balaban J connectivity index is 2.15. The Kier molecular flexibility index (Phi) is 5.78. The largest absolute Gasteiger partial charge is 0.311 e. The van der Waals surface area contributed by atoms with E-state index in [0.717, 1.165) is 16.7 Å². The van der Waals surface area contributed by atoms with Crippen molar-refractivity contribution in [2.75, 3.05) is 6.54 Å². The fraction of sp³-hybridized carbons (Fsp3) is 0.364. The van der Waals surface area contributed by atoms with E-state index in [0.29, 0.717) is 18.0 Å². The molecule has 122 valence electrons. The summed E-state index contributed by atoms with van der Waals surface area (Å²) in [6.07, 6.45) is 0. The first kappa shape index (κ1) is 17.8. The maximum Gasteiger partial charge on any atom is 0.311 e. The summed E-state index contributed by atoms with van der Waals surface area (Å²) in [6.45, 7) is 11.4. The van der Waals surface area contributed by atoms with Gasteiger partial charge in [-0.2, -0.15) is 5.26 Å². The molecule has 0 fully saturated rings. The fourth-order valence-electron chi connectivity index (χ4n) is 2.87. The smallest absolute Gasteiger partial charge is 0.192 e. The second kappa shape index (κ2) is 7.80. The Morgan fingerprint density at radius 3 is 2.42 bits per heavy atom. The molecule has 0 aromatic heterocycles. The summed E-state index contributed by atoms with van der Waals surface area (Å²) in [5.74, 6) is 0.766. The Morgan fingerprint density at radius 1 is 1.00 bits per heavy atom. The van der Waals surface area contributed by atoms with Gasteiger partial charge >= 0.3 is 6.07 Å². The predicted molar refractivity (Wildman–Crippen MR) is 101 cm³/mol. The SMILES string of the molecule is Cc1cc(C#N)cc(C(C)C[N+]#Cc2ccc(C)c(C(C)C)c2)c1. The number of benzene rings is 2. The van der Waals surface area contributed by atoms with Gasteiger partial charge in [-0.1, -0.05) is 37.7 Å². The molecule has 2 aromatic carbocycles. The van der Waals surface area contributed by atoms with Crippen LogP contribution in [0.1, 0.15) is 66.0 Å². The summed E-state index contributed by atoms with van der Waals surface area (Å²) < 4.78 is 0. The average molecular weight is 317 g/mol. The first-order chi connectivity index (χ1) is 11.4. The monoisotopic (exact) mass is 317 g/mol. The van der Waals surface area contributed by atoms with Gasteiger partial charge in [0.05, 0.1) is 17.6 Å². The molecular weight excluding hydrogens is 292 g/mol. The Bertz CT molecular complexity index is 829. The van der Waals surface area contributed by atoms with Crippen molar-refractivity contribution in [2.24, 2.45) is 0 Å². The molecule has 0 saturated heterocycles. The van der Waals surface area contributed by atoms with E-state index in [1.54, 1.807) is 0 Å². The Hall–Kier alpha value is -2.58. The van der Waals surface area contributed by atoms with Crippen LogP contribution in [0.5, 0.6) is 0 Å². The molecule has 0 aliphatic carbocycles. The van der Waals surface area contributed by atoms with Crippen LogP contribution in [0.15, 0.2) is 36.4 Å². The fourth-order valence-corrected chi connectivity index (χ4v) is 2.87. The molecule has 0 bridgehead atoms. The quantitative estimate of drug-likeness (QED) is 0.705. The van der Waals surface area contributed by atoms with Crippen LogP contribution in [-0.2, 0) is 0 Å². The van der Waals surface area contributed by atoms with Gasteiger partial charge in [0.15, 0.2) is 0 Å². The maximum absolute atomic E-state index is 9.10. The molecule has 0 spiro atoms. The first-order valence-corrected chi connectivity index (χ1v) is 8.45. The topological polar surface area (TPSA) is 28.1 Å². The molecule has 2 heteroatoms. The normalized spacial score (nSPS) is 11.5. The highest BCUT2D eigenvalue weighted by Gasteiger charge is 2.12. The Morgan fingerprint density at radius 2 is 1.75 bits per heavy atom. The number of nitriles is 1. The minimum absolute atomic E-state index is 0.263. The van der Waals surface area contributed by atoms with Gasteiger partial charge in [-0.25, -0.2) is 0 Å². The van der Waals surface area contributed by atoms with E-state index in [1.165, 1.54) is 11.1 Å². The van der Waals surface area contributed by atoms with Crippen molar-refractivity contribution in [1.29, 1.82) is 5.26 Å². The van der Waals surface area contributed by atoms with E-state index in [9.17, 15) is 0 Å². The zero-order chi connectivity index (χ0) is 17.7. The number of hydrogen-bond donors (Lipinski definition) is 0. The van der Waals surface area contributed by atoms with Crippen LogP contribution >= 0.6 is 0 Å². The van der Waals surface area contributed by atoms with E-state index in [2.05, 4.69) is 68.9 Å². The average Bonchev–Trinajstić information content (AvgIpc) is 2.55. The van der Waals surface area contributed by atoms with Crippen LogP contribution in [0.4, 0.5) is 0 Å². The minimum Gasteiger partial charge on any atom is -0.192 e. The van der Waals surface area contributed by atoms with Crippen molar-refractivity contribution in [3.05, 3.63) is 74.6 Å². The van der Waals surface area contributed by atoms with Crippen LogP contribution in [-0.4, -0.2) is 6.54 Å². The van der Waals surface area contributed by atoms with Crippen molar-refractivity contribution in [1.82, 2.24) is 0 Å². The van der Waals surface area contributed by atoms with Crippen molar-refractivity contribution in [3.63, 3.8) is 0 Å². The lowest BCUT2D eigenvalue weighted by Gasteiger charge is -2.08. The first-order valence-electron chi connectivity index (χ1n) is 8.45. The van der Waals surface area contributed by atoms with E-state index >= 15 is 0 Å². The van der Waals surface area contributed by atoms with Crippen LogP contribution in [0.3, 0.4) is 0 Å². The molecule has 1 atom stereocenters. The molecule has 0 N–H and O–H groups in total. The summed E-state index contributed by atoms with van der Waals surface area (Å²) in [4.78, 5) is 4.50. The highest BCUT2D eigenvalue weighted by Crippen LogP contribution is 2.21. The minimum atomic E-state index is 0.263. The van der Waals surface area contributed by atoms with Gasteiger partial charge in [-0.3, -0.25) is 0 Å². The molecule has 0 aliphatic heterocycles. The Labute approximate surface area is 145 Å². The molecule has 2 aromatic rings. The second-order valence-electron chi connectivity index (χ2n) is 6.82. The van der Waals surface area contributed by atoms with Crippen molar-refractivity contribution in [2.45, 2.75) is 46.5 Å². The van der Waals surface area contributed by atoms with Gasteiger partial charge < -0.3 is 0 Å². The summed E-state index contributed by atoms with van der Waals surface area (Å²) in [5.41, 5.74) is 6.67. The van der Waals surface area contributed by atoms with Crippen LogP contribution in [0.2, 0.25) is 0 Å². The van der Waals surface area contributed by atoms with Gasteiger partial charge in [0.1, 0.15) is 5.56 Å². The van der Waals surface area contributed by atoms with Gasteiger partial charge in [0.25, 0.3) is 6.54 Å². The summed E-state index contributed by atoms with van der Waals surface area (Å²) in [5, 5.41) is 9.10. The maximum atomic E-state index is 9.10. The summed E-state index contributed by atoms with van der Waals surface area (Å²) >= 11 is 0. The van der Waals surface area contributed by atoms with Crippen LogP contribution in [0.25, 0.3) is 4.85 Å². The number of aryl methyl sites for hydroxylation is 2. The highest BCUT2D eigenvalue weighted by atomic mass is 14.6. The molecule has 2 rings (SSSR count). The van der Waals surface area contributed by atoms with Gasteiger partial charge in [-0.05, 0) is 66.3 Å². The summed E-state index contributed by atoms with van der Waals surface area (Å²) in [7, 11) is 0. The highest BCUT2D eigenvalue weighted by molar-refractivity contribution is 5.41. The molecule has 24 heavy (non-hydrogen) atoms. The lowest BCUT2D eigenvalue weighted by atomic mass is 9.96. The number of rotatable bonds is 3. The lowest BCUT2D eigenvalue weighted by Crippen LogP contribution is -1.98. The summed E-state index contributed by atoms with van der Waals surface area (Å²) in [6, 6.07) is 17.8. The zero-order valence-corrected chi connectivity index (χ0v) is 15.2. The third-order valence-electron chi connectivity index (χ3n) is 4.27. The van der Waals surface area contributed by atoms with Crippen molar-refractivity contribution < 1.29 is 0 Å². The molecule has 0 radical (unpaired) electrons. The molecule has 0 saturated carbocycles. The van der Waals surface area contributed by atoms with Gasteiger partial charge in [0.2, 0.25) is 0 Å². The predicted octanol–water partition coefficient (Wildman–Crippen LogP) is 5.78. The van der Waals surface area contributed by atoms with E-state index in [-0.39, 0.29) is 5.92 Å². The zero-order valence-electron chi connectivity index (χ0n) is 15.2.